The summed E-state index contributed by atoms with van der Waals surface area (Å²) in [5.74, 6) is 0.887. The van der Waals surface area contributed by atoms with E-state index in [0.717, 1.165) is 38.0 Å². The van der Waals surface area contributed by atoms with Crippen LogP contribution in [-0.2, 0) is 0 Å². The van der Waals surface area contributed by atoms with Gasteiger partial charge >= 0.3 is 0 Å². The maximum Gasteiger partial charge on any atom is 0.254 e. The Morgan fingerprint density at radius 2 is 2.20 bits per heavy atom. The van der Waals surface area contributed by atoms with Crippen molar-refractivity contribution < 1.29 is 4.79 Å². The Hall–Kier alpha value is -1.49. The second kappa shape index (κ2) is 6.79. The smallest absolute Gasteiger partial charge is 0.254 e. The molecule has 1 aromatic rings. The first kappa shape index (κ1) is 14.9. The molecule has 0 bridgehead atoms. The molecule has 2 heterocycles. The van der Waals surface area contributed by atoms with Gasteiger partial charge in [0.15, 0.2) is 0 Å². The standard InChI is InChI=1S/C15H24N4O/c1-10(2)14-13(9-17-11(3)18-14)15(20)19-12-5-4-7-16-8-6-12/h9-10,12,16H,4-8H2,1-3H3,(H,19,20). The summed E-state index contributed by atoms with van der Waals surface area (Å²) in [5, 5.41) is 6.48. The molecule has 1 amide bonds. The van der Waals surface area contributed by atoms with Gasteiger partial charge in [-0.1, -0.05) is 13.8 Å². The molecule has 0 radical (unpaired) electrons. The minimum Gasteiger partial charge on any atom is -0.349 e. The number of rotatable bonds is 3. The van der Waals surface area contributed by atoms with Crippen LogP contribution < -0.4 is 10.6 Å². The number of amides is 1. The zero-order chi connectivity index (χ0) is 14.5. The Morgan fingerprint density at radius 3 is 2.95 bits per heavy atom. The molecule has 0 saturated carbocycles. The van der Waals surface area contributed by atoms with E-state index in [2.05, 4.69) is 20.6 Å². The van der Waals surface area contributed by atoms with Crippen molar-refractivity contribution in [3.8, 4) is 0 Å². The Morgan fingerprint density at radius 1 is 1.40 bits per heavy atom. The van der Waals surface area contributed by atoms with E-state index < -0.39 is 0 Å². The number of hydrogen-bond donors (Lipinski definition) is 2. The van der Waals surface area contributed by atoms with E-state index in [1.807, 2.05) is 20.8 Å². The van der Waals surface area contributed by atoms with Gasteiger partial charge in [-0.3, -0.25) is 4.79 Å². The van der Waals surface area contributed by atoms with E-state index in [9.17, 15) is 4.79 Å². The van der Waals surface area contributed by atoms with E-state index in [4.69, 9.17) is 0 Å². The summed E-state index contributed by atoms with van der Waals surface area (Å²) in [7, 11) is 0. The SMILES string of the molecule is Cc1ncc(C(=O)NC2CCCNCC2)c(C(C)C)n1. The Bertz CT molecular complexity index is 465. The molecule has 110 valence electrons. The average molecular weight is 276 g/mol. The van der Waals surface area contributed by atoms with Crippen molar-refractivity contribution >= 4 is 5.91 Å². The van der Waals surface area contributed by atoms with E-state index in [-0.39, 0.29) is 17.9 Å². The zero-order valence-electron chi connectivity index (χ0n) is 12.6. The third-order valence-corrected chi connectivity index (χ3v) is 3.64. The average Bonchev–Trinajstić information content (AvgIpc) is 2.67. The lowest BCUT2D eigenvalue weighted by atomic mass is 10.0. The van der Waals surface area contributed by atoms with Crippen LogP contribution in [0.3, 0.4) is 0 Å². The van der Waals surface area contributed by atoms with Crippen LogP contribution in [0.15, 0.2) is 6.20 Å². The van der Waals surface area contributed by atoms with Gasteiger partial charge in [0.25, 0.3) is 5.91 Å². The number of aromatic nitrogens is 2. The number of carbonyl (C=O) groups is 1. The van der Waals surface area contributed by atoms with Crippen molar-refractivity contribution in [2.45, 2.75) is 52.0 Å². The molecule has 0 aromatic carbocycles. The van der Waals surface area contributed by atoms with Gasteiger partial charge in [0, 0.05) is 12.2 Å². The van der Waals surface area contributed by atoms with Crippen LogP contribution in [-0.4, -0.2) is 35.0 Å². The Balaban J connectivity index is 2.12. The third kappa shape index (κ3) is 3.76. The van der Waals surface area contributed by atoms with Crippen molar-refractivity contribution in [3.05, 3.63) is 23.3 Å². The quantitative estimate of drug-likeness (QED) is 0.883. The molecule has 1 unspecified atom stereocenters. The molecule has 1 aromatic heterocycles. The highest BCUT2D eigenvalue weighted by atomic mass is 16.1. The number of nitrogens with one attached hydrogen (secondary N) is 2. The van der Waals surface area contributed by atoms with Crippen LogP contribution in [0.5, 0.6) is 0 Å². The number of hydrogen-bond acceptors (Lipinski definition) is 4. The highest BCUT2D eigenvalue weighted by Crippen LogP contribution is 2.17. The molecular weight excluding hydrogens is 252 g/mol. The zero-order valence-corrected chi connectivity index (χ0v) is 12.6. The minimum absolute atomic E-state index is 0.0411. The van der Waals surface area contributed by atoms with Gasteiger partial charge in [0.2, 0.25) is 0 Å². The van der Waals surface area contributed by atoms with Crippen LogP contribution >= 0.6 is 0 Å². The topological polar surface area (TPSA) is 66.9 Å². The second-order valence-corrected chi connectivity index (χ2v) is 5.72. The highest BCUT2D eigenvalue weighted by Gasteiger charge is 2.20. The van der Waals surface area contributed by atoms with Crippen molar-refractivity contribution in [3.63, 3.8) is 0 Å². The van der Waals surface area contributed by atoms with Crippen molar-refractivity contribution in [1.29, 1.82) is 0 Å². The summed E-state index contributed by atoms with van der Waals surface area (Å²) in [6.45, 7) is 7.95. The van der Waals surface area contributed by atoms with Crippen molar-refractivity contribution in [1.82, 2.24) is 20.6 Å². The summed E-state index contributed by atoms with van der Waals surface area (Å²) >= 11 is 0. The molecule has 1 fully saturated rings. The molecule has 1 saturated heterocycles. The fraction of sp³-hybridized carbons (Fsp3) is 0.667. The third-order valence-electron chi connectivity index (χ3n) is 3.64. The summed E-state index contributed by atoms with van der Waals surface area (Å²) in [4.78, 5) is 21.0. The van der Waals surface area contributed by atoms with Crippen LogP contribution in [0.25, 0.3) is 0 Å². The number of nitrogens with zero attached hydrogens (tertiary/aromatic N) is 2. The molecule has 5 nitrogen and oxygen atoms in total. The predicted octanol–water partition coefficient (Wildman–Crippen LogP) is 1.78. The molecule has 1 atom stereocenters. The highest BCUT2D eigenvalue weighted by molar-refractivity contribution is 5.95. The fourth-order valence-electron chi connectivity index (χ4n) is 2.53. The van der Waals surface area contributed by atoms with Gasteiger partial charge in [-0.05, 0) is 45.2 Å². The normalized spacial score (nSPS) is 19.7. The van der Waals surface area contributed by atoms with Crippen LogP contribution in [0.1, 0.15) is 60.9 Å². The van der Waals surface area contributed by atoms with Gasteiger partial charge in [0.1, 0.15) is 5.82 Å². The molecule has 1 aliphatic rings. The molecule has 5 heteroatoms. The second-order valence-electron chi connectivity index (χ2n) is 5.72. The molecule has 2 rings (SSSR count). The molecule has 20 heavy (non-hydrogen) atoms. The molecule has 1 aliphatic heterocycles. The monoisotopic (exact) mass is 276 g/mol. The van der Waals surface area contributed by atoms with Crippen LogP contribution in [0.2, 0.25) is 0 Å². The summed E-state index contributed by atoms with van der Waals surface area (Å²) < 4.78 is 0. The minimum atomic E-state index is -0.0411. The van der Waals surface area contributed by atoms with Gasteiger partial charge in [-0.15, -0.1) is 0 Å². The predicted molar refractivity (Wildman–Crippen MR) is 78.8 cm³/mol. The van der Waals surface area contributed by atoms with Gasteiger partial charge in [0.05, 0.1) is 11.3 Å². The number of aryl methyl sites for hydroxylation is 1. The lowest BCUT2D eigenvalue weighted by Crippen LogP contribution is -2.36. The van der Waals surface area contributed by atoms with E-state index in [1.165, 1.54) is 0 Å². The van der Waals surface area contributed by atoms with Gasteiger partial charge in [-0.25, -0.2) is 9.97 Å². The maximum absolute atomic E-state index is 12.5. The van der Waals surface area contributed by atoms with E-state index in [0.29, 0.717) is 11.4 Å². The van der Waals surface area contributed by atoms with E-state index >= 15 is 0 Å². The Labute approximate surface area is 120 Å². The largest absolute Gasteiger partial charge is 0.349 e. The first-order valence-corrected chi connectivity index (χ1v) is 7.43. The first-order valence-electron chi connectivity index (χ1n) is 7.43. The molecule has 0 aliphatic carbocycles. The summed E-state index contributed by atoms with van der Waals surface area (Å²) in [6.07, 6.45) is 4.77. The number of carbonyl (C=O) groups excluding carboxylic acids is 1. The van der Waals surface area contributed by atoms with E-state index in [1.54, 1.807) is 6.20 Å². The lowest BCUT2D eigenvalue weighted by molar-refractivity contribution is 0.0932. The molecule has 0 spiro atoms. The van der Waals surface area contributed by atoms with Crippen LogP contribution in [0, 0.1) is 6.92 Å². The van der Waals surface area contributed by atoms with Crippen molar-refractivity contribution in [2.75, 3.05) is 13.1 Å². The van der Waals surface area contributed by atoms with Gasteiger partial charge in [-0.2, -0.15) is 0 Å². The fourth-order valence-corrected chi connectivity index (χ4v) is 2.53. The van der Waals surface area contributed by atoms with Crippen molar-refractivity contribution in [2.24, 2.45) is 0 Å². The van der Waals surface area contributed by atoms with Crippen LogP contribution in [0.4, 0.5) is 0 Å². The molecular formula is C15H24N4O. The lowest BCUT2D eigenvalue weighted by Gasteiger charge is -2.18. The maximum atomic E-state index is 12.5. The summed E-state index contributed by atoms with van der Waals surface area (Å²) in [6, 6.07) is 0.249. The van der Waals surface area contributed by atoms with Gasteiger partial charge < -0.3 is 10.6 Å². The summed E-state index contributed by atoms with van der Waals surface area (Å²) in [5.41, 5.74) is 1.45. The molecule has 2 N–H and O–H groups in total. The first-order chi connectivity index (χ1) is 9.58. The Kier molecular flexibility index (Phi) is 5.06.